The van der Waals surface area contributed by atoms with Crippen LogP contribution in [-0.2, 0) is 6.54 Å². The number of ether oxygens (including phenoxy) is 2. The van der Waals surface area contributed by atoms with Gasteiger partial charge in [-0.05, 0) is 42.3 Å². The molecule has 2 N–H and O–H groups in total. The lowest BCUT2D eigenvalue weighted by Crippen LogP contribution is -2.18. The molecular formula is C17H21NO3. The Morgan fingerprint density at radius 1 is 1.05 bits per heavy atom. The number of benzene rings is 2. The Balaban J connectivity index is 1.98. The molecule has 0 aliphatic carbocycles. The topological polar surface area (TPSA) is 50.7 Å². The summed E-state index contributed by atoms with van der Waals surface area (Å²) in [4.78, 5) is 0. The molecule has 0 fully saturated rings. The summed E-state index contributed by atoms with van der Waals surface area (Å²) in [6, 6.07) is 13.6. The Bertz CT molecular complexity index is 581. The second kappa shape index (κ2) is 6.99. The summed E-state index contributed by atoms with van der Waals surface area (Å²) in [5.41, 5.74) is 2.26. The first-order chi connectivity index (χ1) is 10.1. The van der Waals surface area contributed by atoms with Crippen molar-refractivity contribution < 1.29 is 14.6 Å². The third kappa shape index (κ3) is 3.89. The van der Waals surface area contributed by atoms with Gasteiger partial charge in [-0.2, -0.15) is 0 Å². The van der Waals surface area contributed by atoms with E-state index in [2.05, 4.69) is 12.2 Å². The van der Waals surface area contributed by atoms with Crippen LogP contribution < -0.4 is 14.8 Å². The van der Waals surface area contributed by atoms with Crippen molar-refractivity contribution in [3.63, 3.8) is 0 Å². The molecule has 0 spiro atoms. The summed E-state index contributed by atoms with van der Waals surface area (Å²) >= 11 is 0. The molecule has 1 atom stereocenters. The second-order valence-corrected chi connectivity index (χ2v) is 4.88. The minimum absolute atomic E-state index is 0.157. The maximum absolute atomic E-state index is 9.58. The average molecular weight is 287 g/mol. The Morgan fingerprint density at radius 2 is 1.76 bits per heavy atom. The van der Waals surface area contributed by atoms with Crippen molar-refractivity contribution in [2.75, 3.05) is 14.2 Å². The molecule has 112 valence electrons. The highest BCUT2D eigenvalue weighted by molar-refractivity contribution is 5.41. The summed E-state index contributed by atoms with van der Waals surface area (Å²) in [6.45, 7) is 2.81. The molecule has 0 amide bonds. The smallest absolute Gasteiger partial charge is 0.160 e. The predicted molar refractivity (Wildman–Crippen MR) is 82.9 cm³/mol. The molecule has 0 aliphatic rings. The molecule has 0 heterocycles. The number of phenols is 1. The Kier molecular flexibility index (Phi) is 5.06. The summed E-state index contributed by atoms with van der Waals surface area (Å²) in [5.74, 6) is 1.50. The van der Waals surface area contributed by atoms with Crippen molar-refractivity contribution in [2.24, 2.45) is 0 Å². The van der Waals surface area contributed by atoms with Crippen LogP contribution in [0.2, 0.25) is 0 Å². The number of hydrogen-bond donors (Lipinski definition) is 2. The first-order valence-electron chi connectivity index (χ1n) is 6.87. The van der Waals surface area contributed by atoms with Crippen molar-refractivity contribution in [1.82, 2.24) is 5.32 Å². The van der Waals surface area contributed by atoms with Crippen molar-refractivity contribution in [2.45, 2.75) is 19.5 Å². The van der Waals surface area contributed by atoms with Crippen molar-refractivity contribution in [3.05, 3.63) is 53.6 Å². The quantitative estimate of drug-likeness (QED) is 0.856. The van der Waals surface area contributed by atoms with E-state index in [4.69, 9.17) is 9.47 Å². The van der Waals surface area contributed by atoms with E-state index in [1.54, 1.807) is 20.3 Å². The van der Waals surface area contributed by atoms with Crippen LogP contribution in [0.25, 0.3) is 0 Å². The van der Waals surface area contributed by atoms with Gasteiger partial charge in [0.25, 0.3) is 0 Å². The molecule has 0 aliphatic heterocycles. The van der Waals surface area contributed by atoms with Crippen LogP contribution >= 0.6 is 0 Å². The first-order valence-corrected chi connectivity index (χ1v) is 6.87. The zero-order valence-electron chi connectivity index (χ0n) is 12.6. The van der Waals surface area contributed by atoms with Crippen LogP contribution in [-0.4, -0.2) is 19.3 Å². The maximum Gasteiger partial charge on any atom is 0.160 e. The SMILES string of the molecule is COc1ccc([C@H](C)NCc2ccc(O)c(OC)c2)cc1. The fourth-order valence-corrected chi connectivity index (χ4v) is 2.11. The zero-order valence-corrected chi connectivity index (χ0v) is 12.6. The molecular weight excluding hydrogens is 266 g/mol. The molecule has 0 saturated carbocycles. The summed E-state index contributed by atoms with van der Waals surface area (Å²) < 4.78 is 10.3. The standard InChI is InChI=1S/C17H21NO3/c1-12(14-5-7-15(20-2)8-6-14)18-11-13-4-9-16(19)17(10-13)21-3/h4-10,12,18-19H,11H2,1-3H3/t12-/m0/s1. The van der Waals surface area contributed by atoms with Crippen LogP contribution in [0, 0.1) is 0 Å². The largest absolute Gasteiger partial charge is 0.504 e. The van der Waals surface area contributed by atoms with E-state index in [9.17, 15) is 5.11 Å². The Labute approximate surface area is 125 Å². The Hall–Kier alpha value is -2.20. The first kappa shape index (κ1) is 15.2. The Morgan fingerprint density at radius 3 is 2.38 bits per heavy atom. The molecule has 4 heteroatoms. The van der Waals surface area contributed by atoms with E-state index in [-0.39, 0.29) is 11.8 Å². The lowest BCUT2D eigenvalue weighted by atomic mass is 10.1. The lowest BCUT2D eigenvalue weighted by molar-refractivity contribution is 0.372. The van der Waals surface area contributed by atoms with Gasteiger partial charge in [0.05, 0.1) is 14.2 Å². The molecule has 2 aromatic rings. The van der Waals surface area contributed by atoms with E-state index >= 15 is 0 Å². The highest BCUT2D eigenvalue weighted by atomic mass is 16.5. The maximum atomic E-state index is 9.58. The van der Waals surface area contributed by atoms with Gasteiger partial charge in [-0.1, -0.05) is 18.2 Å². The van der Waals surface area contributed by atoms with E-state index in [1.807, 2.05) is 36.4 Å². The highest BCUT2D eigenvalue weighted by Gasteiger charge is 2.07. The summed E-state index contributed by atoms with van der Waals surface area (Å²) in [5, 5.41) is 13.0. The minimum Gasteiger partial charge on any atom is -0.504 e. The van der Waals surface area contributed by atoms with Gasteiger partial charge in [0.15, 0.2) is 11.5 Å². The fourth-order valence-electron chi connectivity index (χ4n) is 2.11. The lowest BCUT2D eigenvalue weighted by Gasteiger charge is -2.15. The van der Waals surface area contributed by atoms with E-state index < -0.39 is 0 Å². The number of aromatic hydroxyl groups is 1. The van der Waals surface area contributed by atoms with Gasteiger partial charge in [-0.25, -0.2) is 0 Å². The molecule has 21 heavy (non-hydrogen) atoms. The average Bonchev–Trinajstić information content (AvgIpc) is 2.53. The second-order valence-electron chi connectivity index (χ2n) is 4.88. The molecule has 4 nitrogen and oxygen atoms in total. The van der Waals surface area contributed by atoms with Crippen LogP contribution in [0.5, 0.6) is 17.2 Å². The van der Waals surface area contributed by atoms with Gasteiger partial charge in [-0.3, -0.25) is 0 Å². The van der Waals surface area contributed by atoms with Crippen LogP contribution in [0.15, 0.2) is 42.5 Å². The molecule has 2 aromatic carbocycles. The van der Waals surface area contributed by atoms with Crippen LogP contribution in [0.4, 0.5) is 0 Å². The molecule has 2 rings (SSSR count). The highest BCUT2D eigenvalue weighted by Crippen LogP contribution is 2.26. The zero-order chi connectivity index (χ0) is 15.2. The third-order valence-corrected chi connectivity index (χ3v) is 3.47. The van der Waals surface area contributed by atoms with Crippen molar-refractivity contribution in [1.29, 1.82) is 0 Å². The predicted octanol–water partition coefficient (Wildman–Crippen LogP) is 3.26. The van der Waals surface area contributed by atoms with Crippen molar-refractivity contribution >= 4 is 0 Å². The molecule has 0 radical (unpaired) electrons. The van der Waals surface area contributed by atoms with Gasteiger partial charge in [0, 0.05) is 12.6 Å². The third-order valence-electron chi connectivity index (χ3n) is 3.47. The molecule has 0 aromatic heterocycles. The van der Waals surface area contributed by atoms with Crippen LogP contribution in [0.1, 0.15) is 24.1 Å². The summed E-state index contributed by atoms with van der Waals surface area (Å²) in [7, 11) is 3.21. The number of nitrogens with one attached hydrogen (secondary N) is 1. The van der Waals surface area contributed by atoms with E-state index in [0.717, 1.165) is 11.3 Å². The van der Waals surface area contributed by atoms with Gasteiger partial charge in [0.2, 0.25) is 0 Å². The number of rotatable bonds is 6. The molecule has 0 saturated heterocycles. The monoisotopic (exact) mass is 287 g/mol. The van der Waals surface area contributed by atoms with E-state index in [1.165, 1.54) is 5.56 Å². The van der Waals surface area contributed by atoms with Crippen LogP contribution in [0.3, 0.4) is 0 Å². The van der Waals surface area contributed by atoms with Gasteiger partial charge >= 0.3 is 0 Å². The molecule has 0 unspecified atom stereocenters. The molecule has 0 bridgehead atoms. The van der Waals surface area contributed by atoms with Gasteiger partial charge < -0.3 is 19.9 Å². The van der Waals surface area contributed by atoms with Crippen molar-refractivity contribution in [3.8, 4) is 17.2 Å². The fraction of sp³-hybridized carbons (Fsp3) is 0.294. The van der Waals surface area contributed by atoms with E-state index in [0.29, 0.717) is 12.3 Å². The number of phenolic OH excluding ortho intramolecular Hbond substituents is 1. The summed E-state index contributed by atoms with van der Waals surface area (Å²) in [6.07, 6.45) is 0. The number of methoxy groups -OCH3 is 2. The minimum atomic E-state index is 0.157. The van der Waals surface area contributed by atoms with Gasteiger partial charge in [-0.15, -0.1) is 0 Å². The van der Waals surface area contributed by atoms with Gasteiger partial charge in [0.1, 0.15) is 5.75 Å². The normalized spacial score (nSPS) is 12.0. The number of hydrogen-bond acceptors (Lipinski definition) is 4.